The first kappa shape index (κ1) is 19.1. The summed E-state index contributed by atoms with van der Waals surface area (Å²) in [7, 11) is 0. The lowest BCUT2D eigenvalue weighted by molar-refractivity contribution is -0.121. The summed E-state index contributed by atoms with van der Waals surface area (Å²) in [5, 5.41) is 3.79. The molecule has 27 heavy (non-hydrogen) atoms. The Balaban J connectivity index is 1.57. The number of benzene rings is 1. The van der Waals surface area contributed by atoms with Gasteiger partial charge in [-0.2, -0.15) is 0 Å². The molecule has 0 aliphatic heterocycles. The van der Waals surface area contributed by atoms with Gasteiger partial charge in [0.25, 0.3) is 0 Å². The molecule has 8 heteroatoms. The molecule has 0 saturated carbocycles. The number of amides is 1. The molecule has 0 bridgehead atoms. The van der Waals surface area contributed by atoms with E-state index in [2.05, 4.69) is 20.3 Å². The Morgan fingerprint density at radius 3 is 2.63 bits per heavy atom. The molecule has 2 heterocycles. The predicted octanol–water partition coefficient (Wildman–Crippen LogP) is 4.39. The van der Waals surface area contributed by atoms with Crippen LogP contribution >= 0.6 is 23.2 Å². The molecule has 1 amide bonds. The molecule has 0 fully saturated rings. The molecule has 3 aromatic rings. The molecule has 1 atom stereocenters. The van der Waals surface area contributed by atoms with Crippen LogP contribution in [0.25, 0.3) is 0 Å². The minimum atomic E-state index is -0.258. The summed E-state index contributed by atoms with van der Waals surface area (Å²) in [6.07, 6.45) is 6.40. The van der Waals surface area contributed by atoms with Gasteiger partial charge in [-0.25, -0.2) is 4.98 Å². The Hall–Kier alpha value is -2.70. The van der Waals surface area contributed by atoms with Crippen LogP contribution in [0.1, 0.15) is 24.2 Å². The number of halogens is 2. The third-order valence-corrected chi connectivity index (χ3v) is 4.43. The molecule has 6 nitrogen and oxygen atoms in total. The van der Waals surface area contributed by atoms with Crippen molar-refractivity contribution < 1.29 is 9.53 Å². The van der Waals surface area contributed by atoms with Gasteiger partial charge in [-0.1, -0.05) is 29.3 Å². The standard InChI is InChI=1S/C19H16Cl2N4O2/c1-12(25-18(26)9-13-2-4-15(20)16(21)8-13)17-5-3-14(10-24-17)27-19-11-22-6-7-23-19/h2-8,10-12H,9H2,1H3,(H,25,26)/t12-/m1/s1. The number of rotatable bonds is 6. The SMILES string of the molecule is C[C@@H](NC(=O)Cc1ccc(Cl)c(Cl)c1)c1ccc(Oc2cnccn2)cn1. The highest BCUT2D eigenvalue weighted by molar-refractivity contribution is 6.42. The van der Waals surface area contributed by atoms with Gasteiger partial charge in [-0.05, 0) is 36.8 Å². The largest absolute Gasteiger partial charge is 0.436 e. The molecule has 0 aliphatic carbocycles. The average molecular weight is 403 g/mol. The number of hydrogen-bond donors (Lipinski definition) is 1. The average Bonchev–Trinajstić information content (AvgIpc) is 2.66. The fourth-order valence-corrected chi connectivity index (χ4v) is 2.69. The van der Waals surface area contributed by atoms with Crippen molar-refractivity contribution >= 4 is 29.1 Å². The molecule has 0 spiro atoms. The smallest absolute Gasteiger partial charge is 0.237 e. The van der Waals surface area contributed by atoms with Crippen LogP contribution in [0.5, 0.6) is 11.6 Å². The minimum Gasteiger partial charge on any atom is -0.436 e. The van der Waals surface area contributed by atoms with Gasteiger partial charge in [0.1, 0.15) is 5.75 Å². The third-order valence-electron chi connectivity index (χ3n) is 3.69. The summed E-state index contributed by atoms with van der Waals surface area (Å²) < 4.78 is 5.55. The topological polar surface area (TPSA) is 77.0 Å². The second-order valence-corrected chi connectivity index (χ2v) is 6.59. The maximum atomic E-state index is 12.2. The van der Waals surface area contributed by atoms with Crippen molar-refractivity contribution in [1.82, 2.24) is 20.3 Å². The lowest BCUT2D eigenvalue weighted by Crippen LogP contribution is -2.28. The van der Waals surface area contributed by atoms with E-state index in [0.29, 0.717) is 27.4 Å². The predicted molar refractivity (Wildman–Crippen MR) is 103 cm³/mol. The van der Waals surface area contributed by atoms with Gasteiger partial charge in [0.15, 0.2) is 0 Å². The molecule has 2 aromatic heterocycles. The van der Waals surface area contributed by atoms with Crippen LogP contribution in [0.4, 0.5) is 0 Å². The van der Waals surface area contributed by atoms with Gasteiger partial charge < -0.3 is 10.1 Å². The number of ether oxygens (including phenoxy) is 1. The van der Waals surface area contributed by atoms with Crippen molar-refractivity contribution in [2.45, 2.75) is 19.4 Å². The van der Waals surface area contributed by atoms with E-state index < -0.39 is 0 Å². The van der Waals surface area contributed by atoms with Crippen molar-refractivity contribution in [3.05, 3.63) is 76.4 Å². The summed E-state index contributed by atoms with van der Waals surface area (Å²) >= 11 is 11.9. The zero-order valence-electron chi connectivity index (χ0n) is 14.4. The van der Waals surface area contributed by atoms with E-state index in [0.717, 1.165) is 5.56 Å². The van der Waals surface area contributed by atoms with Gasteiger partial charge in [-0.3, -0.25) is 14.8 Å². The molecule has 0 aliphatic rings. The highest BCUT2D eigenvalue weighted by Crippen LogP contribution is 2.23. The monoisotopic (exact) mass is 402 g/mol. The highest BCUT2D eigenvalue weighted by atomic mass is 35.5. The summed E-state index contributed by atoms with van der Waals surface area (Å²) in [4.78, 5) is 24.5. The van der Waals surface area contributed by atoms with Crippen LogP contribution in [0.15, 0.2) is 55.1 Å². The molecular formula is C19H16Cl2N4O2. The molecule has 3 rings (SSSR count). The number of hydrogen-bond acceptors (Lipinski definition) is 5. The van der Waals surface area contributed by atoms with Crippen LogP contribution in [0, 0.1) is 0 Å². The summed E-state index contributed by atoms with van der Waals surface area (Å²) in [5.41, 5.74) is 1.50. The Kier molecular flexibility index (Phi) is 6.21. The molecule has 0 saturated heterocycles. The van der Waals surface area contributed by atoms with Crippen LogP contribution < -0.4 is 10.1 Å². The zero-order valence-corrected chi connectivity index (χ0v) is 15.9. The number of pyridine rings is 1. The molecule has 0 radical (unpaired) electrons. The first-order valence-electron chi connectivity index (χ1n) is 8.14. The van der Waals surface area contributed by atoms with Crippen LogP contribution in [0.3, 0.4) is 0 Å². The van der Waals surface area contributed by atoms with E-state index in [-0.39, 0.29) is 18.4 Å². The second kappa shape index (κ2) is 8.79. The van der Waals surface area contributed by atoms with Crippen LogP contribution in [-0.4, -0.2) is 20.9 Å². The van der Waals surface area contributed by atoms with Crippen LogP contribution in [0.2, 0.25) is 10.0 Å². The summed E-state index contributed by atoms with van der Waals surface area (Å²) in [5.74, 6) is 0.784. The maximum absolute atomic E-state index is 12.2. The number of aromatic nitrogens is 3. The lowest BCUT2D eigenvalue weighted by Gasteiger charge is -2.14. The number of nitrogens with zero attached hydrogens (tertiary/aromatic N) is 3. The van der Waals surface area contributed by atoms with Gasteiger partial charge >= 0.3 is 0 Å². The van der Waals surface area contributed by atoms with E-state index >= 15 is 0 Å². The molecule has 1 N–H and O–H groups in total. The normalized spacial score (nSPS) is 11.7. The van der Waals surface area contributed by atoms with Crippen LogP contribution in [-0.2, 0) is 11.2 Å². The van der Waals surface area contributed by atoms with E-state index in [9.17, 15) is 4.79 Å². The zero-order chi connectivity index (χ0) is 19.2. The lowest BCUT2D eigenvalue weighted by atomic mass is 10.1. The minimum absolute atomic E-state index is 0.137. The number of nitrogens with one attached hydrogen (secondary N) is 1. The van der Waals surface area contributed by atoms with Crippen molar-refractivity contribution in [3.8, 4) is 11.6 Å². The quantitative estimate of drug-likeness (QED) is 0.661. The Morgan fingerprint density at radius 1 is 1.11 bits per heavy atom. The van der Waals surface area contributed by atoms with Gasteiger partial charge in [0.2, 0.25) is 11.8 Å². The molecule has 138 valence electrons. The van der Waals surface area contributed by atoms with Gasteiger partial charge in [0.05, 0.1) is 40.6 Å². The highest BCUT2D eigenvalue weighted by Gasteiger charge is 2.12. The molecular weight excluding hydrogens is 387 g/mol. The first-order chi connectivity index (χ1) is 13.0. The van der Waals surface area contributed by atoms with E-state index in [4.69, 9.17) is 27.9 Å². The fourth-order valence-electron chi connectivity index (χ4n) is 2.37. The van der Waals surface area contributed by atoms with Crippen molar-refractivity contribution in [1.29, 1.82) is 0 Å². The Morgan fingerprint density at radius 2 is 1.96 bits per heavy atom. The Bertz CT molecular complexity index is 921. The van der Waals surface area contributed by atoms with Gasteiger partial charge in [-0.15, -0.1) is 0 Å². The van der Waals surface area contributed by atoms with Crippen molar-refractivity contribution in [2.24, 2.45) is 0 Å². The third kappa shape index (κ3) is 5.39. The first-order valence-corrected chi connectivity index (χ1v) is 8.90. The van der Waals surface area contributed by atoms with E-state index in [1.807, 2.05) is 6.92 Å². The number of carbonyl (C=O) groups is 1. The van der Waals surface area contributed by atoms with Gasteiger partial charge in [0, 0.05) is 12.4 Å². The summed E-state index contributed by atoms with van der Waals surface area (Å²) in [6.45, 7) is 1.86. The second-order valence-electron chi connectivity index (χ2n) is 5.78. The fraction of sp³-hybridized carbons (Fsp3) is 0.158. The maximum Gasteiger partial charge on any atom is 0.237 e. The van der Waals surface area contributed by atoms with Crippen molar-refractivity contribution in [3.63, 3.8) is 0 Å². The van der Waals surface area contributed by atoms with E-state index in [1.165, 1.54) is 6.20 Å². The van der Waals surface area contributed by atoms with Crippen molar-refractivity contribution in [2.75, 3.05) is 0 Å². The molecule has 0 unspecified atom stereocenters. The molecule has 1 aromatic carbocycles. The summed E-state index contributed by atoms with van der Waals surface area (Å²) in [6, 6.07) is 8.42. The Labute approximate surface area is 166 Å². The number of carbonyl (C=O) groups excluding carboxylic acids is 1. The van der Waals surface area contributed by atoms with E-state index in [1.54, 1.807) is 48.9 Å².